The monoisotopic (exact) mass is 441 g/mol. The van der Waals surface area contributed by atoms with E-state index in [4.69, 9.17) is 4.74 Å². The number of hydrogen-bond acceptors (Lipinski definition) is 8. The topological polar surface area (TPSA) is 143 Å². The van der Waals surface area contributed by atoms with Gasteiger partial charge in [0.2, 0.25) is 5.91 Å². The van der Waals surface area contributed by atoms with Crippen molar-refractivity contribution < 1.29 is 29.7 Å². The first-order valence-electron chi connectivity index (χ1n) is 10.3. The predicted octanol–water partition coefficient (Wildman–Crippen LogP) is 1.92. The maximum absolute atomic E-state index is 11.9. The highest BCUT2D eigenvalue weighted by atomic mass is 16.9. The Morgan fingerprint density at radius 3 is 2.58 bits per heavy atom. The van der Waals surface area contributed by atoms with Gasteiger partial charge in [-0.1, -0.05) is 0 Å². The van der Waals surface area contributed by atoms with Gasteiger partial charge in [0.15, 0.2) is 0 Å². The fraction of sp³-hybridized carbons (Fsp3) is 0.667. The number of β-amino-alcohol motifs (C(OH)–C–C–N with tert-alkyl or cyclic N) is 1. The molecule has 10 nitrogen and oxygen atoms in total. The molecule has 0 aliphatic carbocycles. The number of aromatic hydroxyl groups is 1. The van der Waals surface area contributed by atoms with Gasteiger partial charge in [0.25, 0.3) is 5.09 Å². The van der Waals surface area contributed by atoms with Gasteiger partial charge in [-0.15, -0.1) is 10.1 Å². The molecule has 31 heavy (non-hydrogen) atoms. The molecular formula is C21H35N3O7. The van der Waals surface area contributed by atoms with Crippen molar-refractivity contribution in [2.45, 2.75) is 65.5 Å². The van der Waals surface area contributed by atoms with E-state index in [9.17, 15) is 25.1 Å². The summed E-state index contributed by atoms with van der Waals surface area (Å²) in [6, 6.07) is 1.75. The molecule has 0 aliphatic heterocycles. The number of carbonyl (C=O) groups excluding carboxylic acids is 1. The van der Waals surface area contributed by atoms with E-state index in [0.29, 0.717) is 30.7 Å². The Balaban J connectivity index is 2.33. The minimum Gasteiger partial charge on any atom is -0.507 e. The lowest BCUT2D eigenvalue weighted by molar-refractivity contribution is -0.757. The summed E-state index contributed by atoms with van der Waals surface area (Å²) >= 11 is 0. The summed E-state index contributed by atoms with van der Waals surface area (Å²) in [7, 11) is 0. The summed E-state index contributed by atoms with van der Waals surface area (Å²) in [5.41, 5.74) is 1.85. The van der Waals surface area contributed by atoms with E-state index in [0.717, 1.165) is 11.1 Å². The van der Waals surface area contributed by atoms with Gasteiger partial charge in [0.05, 0.1) is 6.61 Å². The Labute approximate surface area is 183 Å². The summed E-state index contributed by atoms with van der Waals surface area (Å²) in [6.45, 7) is 9.99. The second-order valence-corrected chi connectivity index (χ2v) is 8.31. The predicted molar refractivity (Wildman–Crippen MR) is 116 cm³/mol. The van der Waals surface area contributed by atoms with Crippen LogP contribution in [0.4, 0.5) is 0 Å². The van der Waals surface area contributed by atoms with Crippen molar-refractivity contribution in [3.8, 4) is 11.5 Å². The van der Waals surface area contributed by atoms with Crippen LogP contribution in [0.15, 0.2) is 6.07 Å². The summed E-state index contributed by atoms with van der Waals surface area (Å²) in [5.74, 6) is 0.733. The van der Waals surface area contributed by atoms with Crippen LogP contribution in [0, 0.1) is 30.9 Å². The molecule has 0 heterocycles. The molecule has 0 fully saturated rings. The number of aryl methyl sites for hydroxylation is 1. The van der Waals surface area contributed by atoms with Crippen LogP contribution in [0.25, 0.3) is 0 Å². The fourth-order valence-electron chi connectivity index (χ4n) is 2.82. The largest absolute Gasteiger partial charge is 0.507 e. The molecule has 0 bridgehead atoms. The van der Waals surface area contributed by atoms with Crippen molar-refractivity contribution >= 4 is 5.91 Å². The average Bonchev–Trinajstić information content (AvgIpc) is 2.70. The molecule has 0 radical (unpaired) electrons. The molecule has 1 aromatic rings. The maximum Gasteiger partial charge on any atom is 0.294 e. The molecule has 1 aromatic carbocycles. The summed E-state index contributed by atoms with van der Waals surface area (Å²) in [6.07, 6.45) is 0.435. The third-order valence-corrected chi connectivity index (χ3v) is 4.98. The normalized spacial score (nSPS) is 12.3. The highest BCUT2D eigenvalue weighted by Gasteiger charge is 2.20. The molecule has 10 heteroatoms. The molecule has 0 aliphatic rings. The molecule has 0 aromatic heterocycles. The summed E-state index contributed by atoms with van der Waals surface area (Å²) in [5, 5.41) is 35.5. The molecule has 1 atom stereocenters. The fourth-order valence-corrected chi connectivity index (χ4v) is 2.82. The Kier molecular flexibility index (Phi) is 10.5. The van der Waals surface area contributed by atoms with Gasteiger partial charge in [0, 0.05) is 25.0 Å². The van der Waals surface area contributed by atoms with E-state index in [-0.39, 0.29) is 37.8 Å². The smallest absolute Gasteiger partial charge is 0.294 e. The SMILES string of the molecule is Cc1cc(OCC(O)CNC(C)(C)CNC(=O)CCCCO[N+](=O)[O-])c(C)c(C)c1O. The number of amides is 1. The van der Waals surface area contributed by atoms with Crippen molar-refractivity contribution in [2.24, 2.45) is 0 Å². The van der Waals surface area contributed by atoms with Crippen LogP contribution < -0.4 is 15.4 Å². The van der Waals surface area contributed by atoms with Crippen LogP contribution in [-0.2, 0) is 9.63 Å². The quantitative estimate of drug-likeness (QED) is 0.195. The van der Waals surface area contributed by atoms with Gasteiger partial charge in [-0.05, 0) is 70.2 Å². The Hall–Kier alpha value is -2.59. The van der Waals surface area contributed by atoms with Crippen molar-refractivity contribution in [1.29, 1.82) is 0 Å². The number of phenols is 1. The van der Waals surface area contributed by atoms with Crippen molar-refractivity contribution in [3.05, 3.63) is 32.9 Å². The van der Waals surface area contributed by atoms with Crippen molar-refractivity contribution in [2.75, 3.05) is 26.3 Å². The molecular weight excluding hydrogens is 406 g/mol. The number of aliphatic hydroxyl groups excluding tert-OH is 1. The van der Waals surface area contributed by atoms with Crippen molar-refractivity contribution in [3.63, 3.8) is 0 Å². The lowest BCUT2D eigenvalue weighted by Gasteiger charge is -2.28. The number of phenolic OH excluding ortho intramolecular Hbond substituents is 1. The highest BCUT2D eigenvalue weighted by molar-refractivity contribution is 5.75. The lowest BCUT2D eigenvalue weighted by Crippen LogP contribution is -2.51. The highest BCUT2D eigenvalue weighted by Crippen LogP contribution is 2.31. The van der Waals surface area contributed by atoms with Gasteiger partial charge in [0.1, 0.15) is 24.2 Å². The van der Waals surface area contributed by atoms with Crippen LogP contribution in [0.5, 0.6) is 11.5 Å². The van der Waals surface area contributed by atoms with E-state index in [1.165, 1.54) is 0 Å². The minimum absolute atomic E-state index is 0.0178. The van der Waals surface area contributed by atoms with Crippen LogP contribution in [0.2, 0.25) is 0 Å². The lowest BCUT2D eigenvalue weighted by atomic mass is 10.0. The Bertz CT molecular complexity index is 753. The van der Waals surface area contributed by atoms with Crippen LogP contribution in [0.3, 0.4) is 0 Å². The summed E-state index contributed by atoms with van der Waals surface area (Å²) < 4.78 is 5.73. The van der Waals surface area contributed by atoms with Crippen LogP contribution >= 0.6 is 0 Å². The second kappa shape index (κ2) is 12.3. The third-order valence-electron chi connectivity index (χ3n) is 4.98. The minimum atomic E-state index is -0.846. The van der Waals surface area contributed by atoms with Gasteiger partial charge in [-0.3, -0.25) is 4.79 Å². The van der Waals surface area contributed by atoms with E-state index in [1.54, 1.807) is 13.0 Å². The molecule has 1 rings (SSSR count). The number of unbranched alkanes of at least 4 members (excludes halogenated alkanes) is 1. The van der Waals surface area contributed by atoms with Gasteiger partial charge < -0.3 is 30.4 Å². The first-order valence-corrected chi connectivity index (χ1v) is 10.3. The number of rotatable bonds is 14. The van der Waals surface area contributed by atoms with Gasteiger partial charge in [-0.2, -0.15) is 0 Å². The van der Waals surface area contributed by atoms with Crippen molar-refractivity contribution in [1.82, 2.24) is 10.6 Å². The first-order chi connectivity index (χ1) is 14.4. The van der Waals surface area contributed by atoms with Gasteiger partial charge in [-0.25, -0.2) is 0 Å². The number of benzene rings is 1. The first kappa shape index (κ1) is 26.4. The molecule has 0 saturated heterocycles. The summed E-state index contributed by atoms with van der Waals surface area (Å²) in [4.78, 5) is 26.1. The Morgan fingerprint density at radius 1 is 1.26 bits per heavy atom. The zero-order valence-electron chi connectivity index (χ0n) is 19.0. The molecule has 0 saturated carbocycles. The number of aliphatic hydroxyl groups is 1. The average molecular weight is 442 g/mol. The van der Waals surface area contributed by atoms with E-state index in [2.05, 4.69) is 15.5 Å². The third kappa shape index (κ3) is 9.84. The molecule has 4 N–H and O–H groups in total. The van der Waals surface area contributed by atoms with Crippen LogP contribution in [-0.4, -0.2) is 59.2 Å². The second-order valence-electron chi connectivity index (χ2n) is 8.31. The number of hydrogen-bond donors (Lipinski definition) is 4. The molecule has 1 amide bonds. The zero-order valence-corrected chi connectivity index (χ0v) is 19.0. The Morgan fingerprint density at radius 2 is 1.94 bits per heavy atom. The molecule has 1 unspecified atom stereocenters. The van der Waals surface area contributed by atoms with Gasteiger partial charge >= 0.3 is 0 Å². The number of ether oxygens (including phenoxy) is 1. The number of carbonyl (C=O) groups is 1. The zero-order chi connectivity index (χ0) is 23.6. The molecule has 176 valence electrons. The number of nitrogens with one attached hydrogen (secondary N) is 2. The standard InChI is InChI=1S/C21H35N3O7/c1-14-10-18(15(2)16(3)20(14)27)30-12-17(25)11-23-21(4,5)13-22-19(26)8-6-7-9-31-24(28)29/h10,17,23,25,27H,6-9,11-13H2,1-5H3,(H,22,26). The maximum atomic E-state index is 11.9. The number of nitrogens with zero attached hydrogens (tertiary/aromatic N) is 1. The van der Waals surface area contributed by atoms with Crippen LogP contribution in [0.1, 0.15) is 49.8 Å². The van der Waals surface area contributed by atoms with E-state index < -0.39 is 16.7 Å². The molecule has 0 spiro atoms. The van der Waals surface area contributed by atoms with E-state index in [1.807, 2.05) is 27.7 Å². The van der Waals surface area contributed by atoms with E-state index >= 15 is 0 Å².